The summed E-state index contributed by atoms with van der Waals surface area (Å²) in [5, 5.41) is 0. The molecule has 5 nitrogen and oxygen atoms in total. The lowest BCUT2D eigenvalue weighted by atomic mass is 10.1. The standard InChI is InChI=1S/C23H23FN2O3/c1-16-5-2-3-7-21(16)28-15-22(27)26-12-4-6-20(26)23-25-14-19(29-23)13-17-8-10-18(24)11-9-17/h2-3,5,7-11,14,20H,4,6,12-13,15H2,1H3/t20-/m1/s1. The van der Waals surface area contributed by atoms with Crippen LogP contribution in [0.3, 0.4) is 0 Å². The summed E-state index contributed by atoms with van der Waals surface area (Å²) in [7, 11) is 0. The number of benzene rings is 2. The molecule has 0 radical (unpaired) electrons. The van der Waals surface area contributed by atoms with Gasteiger partial charge in [-0.05, 0) is 49.1 Å². The fourth-order valence-electron chi connectivity index (χ4n) is 3.62. The Morgan fingerprint density at radius 2 is 2.03 bits per heavy atom. The molecule has 0 spiro atoms. The first-order chi connectivity index (χ1) is 14.1. The zero-order chi connectivity index (χ0) is 20.2. The van der Waals surface area contributed by atoms with E-state index in [1.54, 1.807) is 23.2 Å². The number of ether oxygens (including phenoxy) is 1. The molecule has 0 bridgehead atoms. The number of carbonyl (C=O) groups excluding carboxylic acids is 1. The predicted molar refractivity (Wildman–Crippen MR) is 106 cm³/mol. The maximum absolute atomic E-state index is 13.1. The molecule has 4 rings (SSSR count). The van der Waals surface area contributed by atoms with Gasteiger partial charge in [-0.2, -0.15) is 0 Å². The fraction of sp³-hybridized carbons (Fsp3) is 0.304. The zero-order valence-corrected chi connectivity index (χ0v) is 16.3. The minimum atomic E-state index is -0.264. The summed E-state index contributed by atoms with van der Waals surface area (Å²) >= 11 is 0. The molecule has 0 saturated carbocycles. The third-order valence-corrected chi connectivity index (χ3v) is 5.17. The molecule has 150 valence electrons. The topological polar surface area (TPSA) is 55.6 Å². The second-order valence-electron chi connectivity index (χ2n) is 7.27. The number of nitrogens with zero attached hydrogens (tertiary/aromatic N) is 2. The summed E-state index contributed by atoms with van der Waals surface area (Å²) in [6.07, 6.45) is 3.93. The summed E-state index contributed by atoms with van der Waals surface area (Å²) < 4.78 is 24.7. The second-order valence-corrected chi connectivity index (χ2v) is 7.27. The van der Waals surface area contributed by atoms with Crippen LogP contribution >= 0.6 is 0 Å². The van der Waals surface area contributed by atoms with Gasteiger partial charge in [0.25, 0.3) is 5.91 Å². The summed E-state index contributed by atoms with van der Waals surface area (Å²) in [6.45, 7) is 2.61. The maximum atomic E-state index is 13.1. The molecule has 1 saturated heterocycles. The number of carbonyl (C=O) groups is 1. The third kappa shape index (κ3) is 4.47. The molecule has 29 heavy (non-hydrogen) atoms. The Kier molecular flexibility index (Phi) is 5.60. The van der Waals surface area contributed by atoms with Gasteiger partial charge in [0.05, 0.1) is 6.20 Å². The molecule has 2 aromatic carbocycles. The van der Waals surface area contributed by atoms with Crippen LogP contribution in [0.2, 0.25) is 0 Å². The van der Waals surface area contributed by atoms with Gasteiger partial charge in [-0.15, -0.1) is 0 Å². The molecule has 1 aromatic heterocycles. The smallest absolute Gasteiger partial charge is 0.261 e. The van der Waals surface area contributed by atoms with Crippen molar-refractivity contribution in [1.29, 1.82) is 0 Å². The number of aromatic nitrogens is 1. The van der Waals surface area contributed by atoms with Crippen molar-refractivity contribution in [3.63, 3.8) is 0 Å². The largest absolute Gasteiger partial charge is 0.484 e. The van der Waals surface area contributed by atoms with Gasteiger partial charge in [0.2, 0.25) is 5.89 Å². The SMILES string of the molecule is Cc1ccccc1OCC(=O)N1CCC[C@@H]1c1ncc(Cc2ccc(F)cc2)o1. The molecule has 0 aliphatic carbocycles. The average molecular weight is 394 g/mol. The molecule has 1 amide bonds. The van der Waals surface area contributed by atoms with E-state index in [0.29, 0.717) is 30.4 Å². The molecule has 0 unspecified atom stereocenters. The van der Waals surface area contributed by atoms with E-state index in [2.05, 4.69) is 4.98 Å². The van der Waals surface area contributed by atoms with Crippen molar-refractivity contribution in [2.45, 2.75) is 32.2 Å². The lowest BCUT2D eigenvalue weighted by Gasteiger charge is -2.22. The Balaban J connectivity index is 1.40. The van der Waals surface area contributed by atoms with E-state index in [9.17, 15) is 9.18 Å². The summed E-state index contributed by atoms with van der Waals surface area (Å²) in [6, 6.07) is 13.8. The number of hydrogen-bond donors (Lipinski definition) is 0. The van der Waals surface area contributed by atoms with E-state index in [0.717, 1.165) is 24.0 Å². The van der Waals surface area contributed by atoms with Crippen molar-refractivity contribution >= 4 is 5.91 Å². The van der Waals surface area contributed by atoms with Crippen LogP contribution in [0.5, 0.6) is 5.75 Å². The number of rotatable bonds is 6. The lowest BCUT2D eigenvalue weighted by Crippen LogP contribution is -2.34. The highest BCUT2D eigenvalue weighted by atomic mass is 19.1. The van der Waals surface area contributed by atoms with Crippen LogP contribution in [-0.4, -0.2) is 28.9 Å². The quantitative estimate of drug-likeness (QED) is 0.620. The van der Waals surface area contributed by atoms with Gasteiger partial charge in [-0.1, -0.05) is 30.3 Å². The Hall–Kier alpha value is -3.15. The third-order valence-electron chi connectivity index (χ3n) is 5.17. The fourth-order valence-corrected chi connectivity index (χ4v) is 3.62. The Morgan fingerprint density at radius 3 is 2.83 bits per heavy atom. The van der Waals surface area contributed by atoms with E-state index in [1.165, 1.54) is 12.1 Å². The Bertz CT molecular complexity index is 984. The normalized spacial score (nSPS) is 16.2. The number of halogens is 1. The van der Waals surface area contributed by atoms with Crippen LogP contribution in [0.25, 0.3) is 0 Å². The molecule has 1 aliphatic rings. The van der Waals surface area contributed by atoms with Crippen LogP contribution in [0, 0.1) is 12.7 Å². The highest BCUT2D eigenvalue weighted by molar-refractivity contribution is 5.78. The number of para-hydroxylation sites is 1. The van der Waals surface area contributed by atoms with Crippen LogP contribution in [-0.2, 0) is 11.2 Å². The van der Waals surface area contributed by atoms with Crippen molar-refractivity contribution in [2.24, 2.45) is 0 Å². The zero-order valence-electron chi connectivity index (χ0n) is 16.3. The van der Waals surface area contributed by atoms with Gasteiger partial charge in [-0.3, -0.25) is 4.79 Å². The van der Waals surface area contributed by atoms with Gasteiger partial charge in [0.15, 0.2) is 6.61 Å². The Labute approximate surface area is 169 Å². The minimum absolute atomic E-state index is 0.00943. The van der Waals surface area contributed by atoms with E-state index < -0.39 is 0 Å². The van der Waals surface area contributed by atoms with Crippen molar-refractivity contribution in [3.8, 4) is 5.75 Å². The van der Waals surface area contributed by atoms with Gasteiger partial charge in [-0.25, -0.2) is 9.37 Å². The van der Waals surface area contributed by atoms with Crippen LogP contribution in [0.4, 0.5) is 4.39 Å². The van der Waals surface area contributed by atoms with Crippen LogP contribution < -0.4 is 4.74 Å². The van der Waals surface area contributed by atoms with Gasteiger partial charge in [0.1, 0.15) is 23.4 Å². The molecular formula is C23H23FN2O3. The van der Waals surface area contributed by atoms with Crippen molar-refractivity contribution in [2.75, 3.05) is 13.2 Å². The van der Waals surface area contributed by atoms with Gasteiger partial charge < -0.3 is 14.1 Å². The second kappa shape index (κ2) is 8.47. The first-order valence-electron chi connectivity index (χ1n) is 9.77. The van der Waals surface area contributed by atoms with Crippen molar-refractivity contribution in [1.82, 2.24) is 9.88 Å². The highest BCUT2D eigenvalue weighted by Crippen LogP contribution is 2.32. The molecule has 1 fully saturated rings. The maximum Gasteiger partial charge on any atom is 0.261 e. The highest BCUT2D eigenvalue weighted by Gasteiger charge is 2.33. The monoisotopic (exact) mass is 394 g/mol. The van der Waals surface area contributed by atoms with Crippen LogP contribution in [0.1, 0.15) is 41.7 Å². The number of oxazole rings is 1. The first-order valence-corrected chi connectivity index (χ1v) is 9.77. The molecule has 0 N–H and O–H groups in total. The van der Waals surface area contributed by atoms with Crippen molar-refractivity contribution < 1.29 is 18.3 Å². The van der Waals surface area contributed by atoms with Crippen LogP contribution in [0.15, 0.2) is 59.1 Å². The minimum Gasteiger partial charge on any atom is -0.484 e. The van der Waals surface area contributed by atoms with E-state index >= 15 is 0 Å². The van der Waals surface area contributed by atoms with E-state index in [-0.39, 0.29) is 24.4 Å². The first kappa shape index (κ1) is 19.2. The van der Waals surface area contributed by atoms with Crippen molar-refractivity contribution in [3.05, 3.63) is 83.3 Å². The summed E-state index contributed by atoms with van der Waals surface area (Å²) in [4.78, 5) is 18.9. The average Bonchev–Trinajstić information content (AvgIpc) is 3.38. The van der Waals surface area contributed by atoms with Gasteiger partial charge in [0, 0.05) is 13.0 Å². The molecule has 1 aliphatic heterocycles. The molecule has 1 atom stereocenters. The Morgan fingerprint density at radius 1 is 1.24 bits per heavy atom. The lowest BCUT2D eigenvalue weighted by molar-refractivity contribution is -0.134. The molecule has 3 aromatic rings. The summed E-state index contributed by atoms with van der Waals surface area (Å²) in [5.74, 6) is 1.62. The summed E-state index contributed by atoms with van der Waals surface area (Å²) in [5.41, 5.74) is 1.94. The number of amides is 1. The van der Waals surface area contributed by atoms with Gasteiger partial charge >= 0.3 is 0 Å². The molecular weight excluding hydrogens is 371 g/mol. The number of hydrogen-bond acceptors (Lipinski definition) is 4. The number of aryl methyl sites for hydroxylation is 1. The molecule has 6 heteroatoms. The van der Waals surface area contributed by atoms with E-state index in [1.807, 2.05) is 31.2 Å². The predicted octanol–water partition coefficient (Wildman–Crippen LogP) is 4.46. The van der Waals surface area contributed by atoms with E-state index in [4.69, 9.17) is 9.15 Å². The number of likely N-dealkylation sites (tertiary alicyclic amines) is 1. The molecule has 2 heterocycles.